The molecule has 4 nitrogen and oxygen atoms in total. The molecule has 1 unspecified atom stereocenters. The van der Waals surface area contributed by atoms with Crippen molar-refractivity contribution in [3.8, 4) is 0 Å². The van der Waals surface area contributed by atoms with E-state index in [2.05, 4.69) is 10.1 Å². The molecule has 4 heteroatoms. The van der Waals surface area contributed by atoms with Gasteiger partial charge in [-0.2, -0.15) is 4.98 Å². The normalized spacial score (nSPS) is 12.7. The van der Waals surface area contributed by atoms with Crippen LogP contribution in [0.25, 0.3) is 0 Å². The number of aliphatic hydroxyl groups is 1. The molecule has 1 N–H and O–H groups in total. The van der Waals surface area contributed by atoms with E-state index in [1.165, 1.54) is 0 Å². The minimum atomic E-state index is -0.592. The second-order valence-corrected chi connectivity index (χ2v) is 3.37. The van der Waals surface area contributed by atoms with Crippen LogP contribution in [0.2, 0.25) is 0 Å². The summed E-state index contributed by atoms with van der Waals surface area (Å²) in [6.07, 6.45) is -0.240. The molecule has 0 fully saturated rings. The van der Waals surface area contributed by atoms with Gasteiger partial charge < -0.3 is 9.63 Å². The average Bonchev–Trinajstić information content (AvgIpc) is 2.65. The number of nitrogens with zero attached hydrogens (tertiary/aromatic N) is 2. The number of aryl methyl sites for hydroxylation is 1. The number of hydrogen-bond donors (Lipinski definition) is 1. The van der Waals surface area contributed by atoms with Gasteiger partial charge in [-0.1, -0.05) is 35.5 Å². The zero-order valence-corrected chi connectivity index (χ0v) is 8.42. The van der Waals surface area contributed by atoms with Gasteiger partial charge >= 0.3 is 0 Å². The van der Waals surface area contributed by atoms with Crippen molar-refractivity contribution in [1.29, 1.82) is 0 Å². The first kappa shape index (κ1) is 9.86. The maximum absolute atomic E-state index is 9.86. The Kier molecular flexibility index (Phi) is 2.78. The van der Waals surface area contributed by atoms with Crippen molar-refractivity contribution < 1.29 is 9.63 Å². The number of aliphatic hydroxyl groups excluding tert-OH is 1. The second-order valence-electron chi connectivity index (χ2n) is 3.37. The maximum atomic E-state index is 9.86. The van der Waals surface area contributed by atoms with Gasteiger partial charge in [-0.25, -0.2) is 0 Å². The van der Waals surface area contributed by atoms with Crippen LogP contribution in [0.4, 0.5) is 0 Å². The molecule has 1 heterocycles. The predicted molar refractivity (Wildman–Crippen MR) is 54.1 cm³/mol. The van der Waals surface area contributed by atoms with E-state index in [-0.39, 0.29) is 0 Å². The van der Waals surface area contributed by atoms with Gasteiger partial charge in [0.25, 0.3) is 0 Å². The molecule has 78 valence electrons. The first-order valence-corrected chi connectivity index (χ1v) is 4.78. The van der Waals surface area contributed by atoms with Crippen molar-refractivity contribution in [2.24, 2.45) is 0 Å². The Morgan fingerprint density at radius 1 is 1.33 bits per heavy atom. The first-order valence-electron chi connectivity index (χ1n) is 4.78. The lowest BCUT2D eigenvalue weighted by Crippen LogP contribution is -2.01. The Balaban J connectivity index is 2.07. The third-order valence-electron chi connectivity index (χ3n) is 2.12. The van der Waals surface area contributed by atoms with Gasteiger partial charge in [-0.15, -0.1) is 0 Å². The van der Waals surface area contributed by atoms with Crippen LogP contribution >= 0.6 is 0 Å². The van der Waals surface area contributed by atoms with Crippen molar-refractivity contribution in [2.75, 3.05) is 0 Å². The average molecular weight is 204 g/mol. The van der Waals surface area contributed by atoms with Crippen molar-refractivity contribution in [3.63, 3.8) is 0 Å². The van der Waals surface area contributed by atoms with Crippen LogP contribution in [-0.4, -0.2) is 15.2 Å². The highest BCUT2D eigenvalue weighted by Crippen LogP contribution is 2.16. The molecule has 0 saturated heterocycles. The molecule has 1 aromatic heterocycles. The summed E-state index contributed by atoms with van der Waals surface area (Å²) in [5, 5.41) is 13.5. The Labute approximate surface area is 87.6 Å². The topological polar surface area (TPSA) is 59.2 Å². The van der Waals surface area contributed by atoms with Crippen LogP contribution in [0, 0.1) is 6.92 Å². The molecule has 2 rings (SSSR count). The Morgan fingerprint density at radius 3 is 2.67 bits per heavy atom. The summed E-state index contributed by atoms with van der Waals surface area (Å²) in [6, 6.07) is 9.42. The summed E-state index contributed by atoms with van der Waals surface area (Å²) in [4.78, 5) is 4.04. The van der Waals surface area contributed by atoms with Gasteiger partial charge in [0.1, 0.15) is 0 Å². The van der Waals surface area contributed by atoms with Gasteiger partial charge in [0.15, 0.2) is 5.82 Å². The third-order valence-corrected chi connectivity index (χ3v) is 2.12. The van der Waals surface area contributed by atoms with Crippen LogP contribution in [0.5, 0.6) is 0 Å². The second kappa shape index (κ2) is 4.23. The zero-order chi connectivity index (χ0) is 10.7. The Bertz CT molecular complexity index is 425. The molecule has 0 saturated carbocycles. The number of benzene rings is 1. The highest BCUT2D eigenvalue weighted by atomic mass is 16.5. The fourth-order valence-corrected chi connectivity index (χ4v) is 1.38. The van der Waals surface area contributed by atoms with E-state index in [9.17, 15) is 5.11 Å². The summed E-state index contributed by atoms with van der Waals surface area (Å²) in [5.74, 6) is 1.05. The lowest BCUT2D eigenvalue weighted by atomic mass is 10.1. The first-order chi connectivity index (χ1) is 7.25. The fraction of sp³-hybridized carbons (Fsp3) is 0.273. The van der Waals surface area contributed by atoms with Gasteiger partial charge in [-0.05, 0) is 12.5 Å². The van der Waals surface area contributed by atoms with E-state index in [1.807, 2.05) is 30.3 Å². The number of hydrogen-bond acceptors (Lipinski definition) is 4. The molecular formula is C11H12N2O2. The molecule has 15 heavy (non-hydrogen) atoms. The van der Waals surface area contributed by atoms with Crippen molar-refractivity contribution in [1.82, 2.24) is 10.1 Å². The molecule has 0 spiro atoms. The van der Waals surface area contributed by atoms with Crippen LogP contribution in [0.15, 0.2) is 34.9 Å². The molecule has 0 amide bonds. The van der Waals surface area contributed by atoms with Crippen molar-refractivity contribution >= 4 is 0 Å². The molecule has 2 aromatic rings. The zero-order valence-electron chi connectivity index (χ0n) is 8.42. The summed E-state index contributed by atoms with van der Waals surface area (Å²) in [7, 11) is 0. The van der Waals surface area contributed by atoms with Crippen LogP contribution in [0.1, 0.15) is 23.4 Å². The van der Waals surface area contributed by atoms with Gasteiger partial charge in [-0.3, -0.25) is 0 Å². The predicted octanol–water partition coefficient (Wildman–Crippen LogP) is 1.65. The lowest BCUT2D eigenvalue weighted by molar-refractivity contribution is 0.164. The lowest BCUT2D eigenvalue weighted by Gasteiger charge is -2.07. The molecule has 0 aliphatic carbocycles. The van der Waals surface area contributed by atoms with Gasteiger partial charge in [0.05, 0.1) is 12.5 Å². The van der Waals surface area contributed by atoms with Crippen molar-refractivity contribution in [3.05, 3.63) is 47.6 Å². The van der Waals surface area contributed by atoms with E-state index >= 15 is 0 Å². The standard InChI is InChI=1S/C11H12N2O2/c1-8-12-11(15-13-8)7-10(14)9-5-3-2-4-6-9/h2-6,10,14H,7H2,1H3. The Hall–Kier alpha value is -1.68. The van der Waals surface area contributed by atoms with E-state index in [4.69, 9.17) is 4.52 Å². The molecule has 0 radical (unpaired) electrons. The SMILES string of the molecule is Cc1noc(CC(O)c2ccccc2)n1. The maximum Gasteiger partial charge on any atom is 0.229 e. The van der Waals surface area contributed by atoms with Crippen molar-refractivity contribution in [2.45, 2.75) is 19.4 Å². The highest BCUT2D eigenvalue weighted by molar-refractivity contribution is 5.17. The smallest absolute Gasteiger partial charge is 0.229 e. The van der Waals surface area contributed by atoms with E-state index < -0.39 is 6.10 Å². The molecule has 0 aliphatic heterocycles. The minimum absolute atomic E-state index is 0.352. The van der Waals surface area contributed by atoms with Gasteiger partial charge in [0.2, 0.25) is 5.89 Å². The molecule has 1 atom stereocenters. The van der Waals surface area contributed by atoms with E-state index in [1.54, 1.807) is 6.92 Å². The Morgan fingerprint density at radius 2 is 2.07 bits per heavy atom. The van der Waals surface area contributed by atoms with Gasteiger partial charge in [0, 0.05) is 0 Å². The van der Waals surface area contributed by atoms with Crippen LogP contribution in [-0.2, 0) is 6.42 Å². The quantitative estimate of drug-likeness (QED) is 0.825. The molecule has 0 aliphatic rings. The summed E-state index contributed by atoms with van der Waals surface area (Å²) < 4.78 is 4.94. The number of rotatable bonds is 3. The molecule has 0 bridgehead atoms. The fourth-order valence-electron chi connectivity index (χ4n) is 1.38. The largest absolute Gasteiger partial charge is 0.388 e. The minimum Gasteiger partial charge on any atom is -0.388 e. The number of aromatic nitrogens is 2. The van der Waals surface area contributed by atoms with Crippen LogP contribution in [0.3, 0.4) is 0 Å². The third kappa shape index (κ3) is 2.41. The summed E-state index contributed by atoms with van der Waals surface area (Å²) in [5.41, 5.74) is 0.855. The van der Waals surface area contributed by atoms with E-state index in [0.29, 0.717) is 18.1 Å². The molecular weight excluding hydrogens is 192 g/mol. The van der Waals surface area contributed by atoms with E-state index in [0.717, 1.165) is 5.56 Å². The highest BCUT2D eigenvalue weighted by Gasteiger charge is 2.12. The van der Waals surface area contributed by atoms with Crippen LogP contribution < -0.4 is 0 Å². The monoisotopic (exact) mass is 204 g/mol. The summed E-state index contributed by atoms with van der Waals surface area (Å²) in [6.45, 7) is 1.75. The molecule has 1 aromatic carbocycles. The summed E-state index contributed by atoms with van der Waals surface area (Å²) >= 11 is 0.